The largest absolute Gasteiger partial charge is 0.290 e. The molecular weight excluding hydrogens is 276 g/mol. The molecular formula is C19H18OS. The molecule has 0 bridgehead atoms. The van der Waals surface area contributed by atoms with Crippen LogP contribution in [0.4, 0.5) is 0 Å². The molecule has 0 aliphatic heterocycles. The van der Waals surface area contributed by atoms with Gasteiger partial charge in [-0.3, -0.25) is 4.79 Å². The zero-order valence-corrected chi connectivity index (χ0v) is 12.8. The van der Waals surface area contributed by atoms with E-state index in [1.165, 1.54) is 0 Å². The fourth-order valence-corrected chi connectivity index (χ4v) is 2.70. The number of ketones is 1. The zero-order valence-electron chi connectivity index (χ0n) is 12.0. The van der Waals surface area contributed by atoms with Gasteiger partial charge in [0.05, 0.1) is 0 Å². The Morgan fingerprint density at radius 3 is 2.24 bits per heavy atom. The Kier molecular flexibility index (Phi) is 6.04. The van der Waals surface area contributed by atoms with Crippen LogP contribution in [0, 0.1) is 0 Å². The minimum absolute atomic E-state index is 0.0126. The fraction of sp³-hybridized carbons (Fsp3) is 0.105. The average Bonchev–Trinajstić information content (AvgIpc) is 2.54. The van der Waals surface area contributed by atoms with E-state index in [1.807, 2.05) is 66.7 Å². The number of rotatable bonds is 6. The molecule has 0 spiro atoms. The molecule has 0 saturated heterocycles. The second kappa shape index (κ2) is 8.28. The number of carbonyl (C=O) groups excluding carboxylic acids is 1. The predicted molar refractivity (Wildman–Crippen MR) is 93.0 cm³/mol. The van der Waals surface area contributed by atoms with Crippen LogP contribution >= 0.6 is 11.8 Å². The maximum absolute atomic E-state index is 12.1. The summed E-state index contributed by atoms with van der Waals surface area (Å²) < 4.78 is 0. The van der Waals surface area contributed by atoms with Crippen LogP contribution in [0.15, 0.2) is 72.8 Å². The first-order valence-electron chi connectivity index (χ1n) is 6.96. The van der Waals surface area contributed by atoms with E-state index in [0.717, 1.165) is 21.8 Å². The highest BCUT2D eigenvalue weighted by Crippen LogP contribution is 2.27. The van der Waals surface area contributed by atoms with Crippen LogP contribution < -0.4 is 0 Å². The van der Waals surface area contributed by atoms with Gasteiger partial charge in [0, 0.05) is 4.91 Å². The summed E-state index contributed by atoms with van der Waals surface area (Å²) in [5.74, 6) is 0.954. The quantitative estimate of drug-likeness (QED) is 0.692. The van der Waals surface area contributed by atoms with Crippen LogP contribution in [0.5, 0.6) is 0 Å². The summed E-state index contributed by atoms with van der Waals surface area (Å²) in [6.45, 7) is 2.09. The van der Waals surface area contributed by atoms with E-state index in [-0.39, 0.29) is 5.78 Å². The molecule has 2 aromatic rings. The van der Waals surface area contributed by atoms with Crippen molar-refractivity contribution in [3.63, 3.8) is 0 Å². The van der Waals surface area contributed by atoms with E-state index in [9.17, 15) is 4.79 Å². The van der Waals surface area contributed by atoms with Crippen LogP contribution in [0.2, 0.25) is 0 Å². The second-order valence-corrected chi connectivity index (χ2v) is 5.76. The first kappa shape index (κ1) is 15.3. The van der Waals surface area contributed by atoms with Crippen molar-refractivity contribution in [3.05, 3.63) is 83.9 Å². The van der Waals surface area contributed by atoms with E-state index in [2.05, 4.69) is 6.92 Å². The summed E-state index contributed by atoms with van der Waals surface area (Å²) in [6.07, 6.45) is 5.18. The van der Waals surface area contributed by atoms with Crippen molar-refractivity contribution in [1.29, 1.82) is 0 Å². The van der Waals surface area contributed by atoms with E-state index < -0.39 is 0 Å². The Morgan fingerprint density at radius 1 is 1.00 bits per heavy atom. The van der Waals surface area contributed by atoms with Gasteiger partial charge >= 0.3 is 0 Å². The van der Waals surface area contributed by atoms with Crippen LogP contribution in [0.3, 0.4) is 0 Å². The number of hydrogen-bond acceptors (Lipinski definition) is 2. The summed E-state index contributed by atoms with van der Waals surface area (Å²) in [5.41, 5.74) is 2.12. The average molecular weight is 294 g/mol. The molecule has 1 nitrogen and oxygen atoms in total. The summed E-state index contributed by atoms with van der Waals surface area (Å²) in [7, 11) is 0. The first-order chi connectivity index (χ1) is 10.3. The Hall–Kier alpha value is -2.06. The number of allylic oxidation sites excluding steroid dienone is 2. The molecule has 0 amide bonds. The molecule has 2 aromatic carbocycles. The van der Waals surface area contributed by atoms with E-state index >= 15 is 0 Å². The Labute approximate surface area is 130 Å². The molecule has 2 rings (SSSR count). The molecule has 0 aliphatic rings. The van der Waals surface area contributed by atoms with Gasteiger partial charge in [-0.15, -0.1) is 11.8 Å². The van der Waals surface area contributed by atoms with Gasteiger partial charge in [-0.1, -0.05) is 73.7 Å². The lowest BCUT2D eigenvalue weighted by atomic mass is 10.1. The third-order valence-electron chi connectivity index (χ3n) is 2.87. The minimum atomic E-state index is 0.0126. The highest BCUT2D eigenvalue weighted by Gasteiger charge is 2.03. The predicted octanol–water partition coefficient (Wildman–Crippen LogP) is 5.06. The smallest absolute Gasteiger partial charge is 0.179 e. The highest BCUT2D eigenvalue weighted by atomic mass is 32.2. The van der Waals surface area contributed by atoms with Crippen molar-refractivity contribution in [2.75, 3.05) is 5.75 Å². The number of hydrogen-bond donors (Lipinski definition) is 0. The highest BCUT2D eigenvalue weighted by molar-refractivity contribution is 8.08. The third kappa shape index (κ3) is 5.09. The van der Waals surface area contributed by atoms with Gasteiger partial charge in [0.25, 0.3) is 0 Å². The lowest BCUT2D eigenvalue weighted by Crippen LogP contribution is -1.89. The summed E-state index contributed by atoms with van der Waals surface area (Å²) in [4.78, 5) is 13.1. The molecule has 0 atom stereocenters. The standard InChI is InChI=1S/C19H18OS/c1-2-21-19(17-11-7-4-8-12-17)15-18(20)14-13-16-9-5-3-6-10-16/h3-15H,2H2,1H3/b14-13+,19-15+. The molecule has 106 valence electrons. The molecule has 0 heterocycles. The van der Waals surface area contributed by atoms with Crippen molar-refractivity contribution in [1.82, 2.24) is 0 Å². The van der Waals surface area contributed by atoms with Gasteiger partial charge in [-0.2, -0.15) is 0 Å². The maximum Gasteiger partial charge on any atom is 0.179 e. The van der Waals surface area contributed by atoms with Crippen molar-refractivity contribution in [2.24, 2.45) is 0 Å². The van der Waals surface area contributed by atoms with Crippen molar-refractivity contribution < 1.29 is 4.79 Å². The zero-order chi connectivity index (χ0) is 14.9. The molecule has 0 saturated carbocycles. The van der Waals surface area contributed by atoms with Gasteiger partial charge in [-0.05, 0) is 29.0 Å². The third-order valence-corrected chi connectivity index (χ3v) is 3.82. The normalized spacial score (nSPS) is 11.8. The SMILES string of the molecule is CCS/C(=C/C(=O)/C=C/c1ccccc1)c1ccccc1. The van der Waals surface area contributed by atoms with Gasteiger partial charge in [0.1, 0.15) is 0 Å². The van der Waals surface area contributed by atoms with E-state index in [0.29, 0.717) is 0 Å². The summed E-state index contributed by atoms with van der Waals surface area (Å²) >= 11 is 1.69. The minimum Gasteiger partial charge on any atom is -0.290 e. The Bertz CT molecular complexity index is 627. The van der Waals surface area contributed by atoms with Gasteiger partial charge in [0.15, 0.2) is 5.78 Å². The molecule has 0 N–H and O–H groups in total. The Balaban J connectivity index is 2.15. The molecule has 2 heteroatoms. The lowest BCUT2D eigenvalue weighted by molar-refractivity contribution is -0.110. The topological polar surface area (TPSA) is 17.1 Å². The molecule has 0 aromatic heterocycles. The molecule has 0 radical (unpaired) electrons. The fourth-order valence-electron chi connectivity index (χ4n) is 1.89. The summed E-state index contributed by atoms with van der Waals surface area (Å²) in [5, 5.41) is 0. The van der Waals surface area contributed by atoms with Gasteiger partial charge in [0.2, 0.25) is 0 Å². The van der Waals surface area contributed by atoms with Crippen molar-refractivity contribution in [3.8, 4) is 0 Å². The van der Waals surface area contributed by atoms with Crippen LogP contribution in [-0.2, 0) is 4.79 Å². The molecule has 0 fully saturated rings. The van der Waals surface area contributed by atoms with Gasteiger partial charge in [-0.25, -0.2) is 0 Å². The van der Waals surface area contributed by atoms with Gasteiger partial charge < -0.3 is 0 Å². The molecule has 0 unspecified atom stereocenters. The Morgan fingerprint density at radius 2 is 1.62 bits per heavy atom. The lowest BCUT2D eigenvalue weighted by Gasteiger charge is -2.04. The van der Waals surface area contributed by atoms with E-state index in [1.54, 1.807) is 23.9 Å². The first-order valence-corrected chi connectivity index (χ1v) is 7.95. The second-order valence-electron chi connectivity index (χ2n) is 4.45. The molecule has 0 aliphatic carbocycles. The van der Waals surface area contributed by atoms with Crippen molar-refractivity contribution in [2.45, 2.75) is 6.92 Å². The van der Waals surface area contributed by atoms with Crippen LogP contribution in [0.25, 0.3) is 11.0 Å². The number of benzene rings is 2. The summed E-state index contributed by atoms with van der Waals surface area (Å²) in [6, 6.07) is 19.9. The number of carbonyl (C=O) groups is 1. The van der Waals surface area contributed by atoms with Crippen LogP contribution in [-0.4, -0.2) is 11.5 Å². The maximum atomic E-state index is 12.1. The van der Waals surface area contributed by atoms with Crippen molar-refractivity contribution >= 4 is 28.5 Å². The molecule has 21 heavy (non-hydrogen) atoms. The van der Waals surface area contributed by atoms with Crippen LogP contribution in [0.1, 0.15) is 18.1 Å². The monoisotopic (exact) mass is 294 g/mol. The van der Waals surface area contributed by atoms with E-state index in [4.69, 9.17) is 0 Å². The number of thioether (sulfide) groups is 1.